The van der Waals surface area contributed by atoms with E-state index in [1.54, 1.807) is 18.2 Å². The van der Waals surface area contributed by atoms with Crippen molar-refractivity contribution < 1.29 is 19.2 Å². The highest BCUT2D eigenvalue weighted by Crippen LogP contribution is 2.32. The van der Waals surface area contributed by atoms with Crippen LogP contribution in [0.4, 0.5) is 5.69 Å². The molecule has 0 aromatic heterocycles. The first-order chi connectivity index (χ1) is 11.0. The zero-order valence-corrected chi connectivity index (χ0v) is 13.2. The van der Waals surface area contributed by atoms with E-state index in [0.717, 1.165) is 6.07 Å². The molecule has 0 N–H and O–H groups in total. The van der Waals surface area contributed by atoms with Gasteiger partial charge in [0, 0.05) is 11.6 Å². The van der Waals surface area contributed by atoms with Crippen molar-refractivity contribution >= 4 is 35.2 Å². The summed E-state index contributed by atoms with van der Waals surface area (Å²) in [6.07, 6.45) is 0.527. The van der Waals surface area contributed by atoms with Gasteiger partial charge in [0.15, 0.2) is 11.5 Å². The Balaban J connectivity index is 1.99. The number of rotatable bonds is 7. The maximum Gasteiger partial charge on any atom is 0.311 e. The minimum absolute atomic E-state index is 0.0445. The van der Waals surface area contributed by atoms with Gasteiger partial charge in [0.05, 0.1) is 15.0 Å². The van der Waals surface area contributed by atoms with E-state index in [4.69, 9.17) is 32.7 Å². The first kappa shape index (κ1) is 17.1. The van der Waals surface area contributed by atoms with Crippen molar-refractivity contribution in [3.8, 4) is 11.5 Å². The van der Waals surface area contributed by atoms with Crippen LogP contribution in [0.5, 0.6) is 11.5 Å². The van der Waals surface area contributed by atoms with Crippen molar-refractivity contribution in [3.05, 3.63) is 62.1 Å². The molecule has 2 aromatic carbocycles. The van der Waals surface area contributed by atoms with Gasteiger partial charge in [-0.15, -0.1) is 0 Å². The molecule has 0 fully saturated rings. The van der Waals surface area contributed by atoms with Gasteiger partial charge in [-0.1, -0.05) is 29.3 Å². The van der Waals surface area contributed by atoms with Crippen LogP contribution in [0.25, 0.3) is 0 Å². The fraction of sp³-hybridized carbons (Fsp3) is 0.133. The molecule has 0 saturated carbocycles. The SMILES string of the molecule is O=Cc1ccc(OCCOc2c(Cl)cccc2Cl)c([N+](=O)[O-])c1. The Bertz CT molecular complexity index is 716. The molecule has 0 unspecified atom stereocenters. The van der Waals surface area contributed by atoms with E-state index in [-0.39, 0.29) is 30.2 Å². The van der Waals surface area contributed by atoms with Crippen LogP contribution in [-0.2, 0) is 0 Å². The largest absolute Gasteiger partial charge is 0.487 e. The Hall–Kier alpha value is -2.31. The molecule has 23 heavy (non-hydrogen) atoms. The summed E-state index contributed by atoms with van der Waals surface area (Å²) in [5.74, 6) is 0.375. The average molecular weight is 356 g/mol. The van der Waals surface area contributed by atoms with Crippen LogP contribution in [0.2, 0.25) is 10.0 Å². The van der Waals surface area contributed by atoms with Crippen LogP contribution >= 0.6 is 23.2 Å². The molecule has 0 atom stereocenters. The fourth-order valence-electron chi connectivity index (χ4n) is 1.79. The summed E-state index contributed by atoms with van der Waals surface area (Å²) in [7, 11) is 0. The molecule has 0 aliphatic rings. The first-order valence-electron chi connectivity index (χ1n) is 6.46. The number of carbonyl (C=O) groups excluding carboxylic acids is 1. The normalized spacial score (nSPS) is 10.2. The van der Waals surface area contributed by atoms with E-state index in [1.807, 2.05) is 0 Å². The number of ether oxygens (including phenoxy) is 2. The summed E-state index contributed by atoms with van der Waals surface area (Å²) in [6, 6.07) is 8.89. The van der Waals surface area contributed by atoms with E-state index in [2.05, 4.69) is 0 Å². The van der Waals surface area contributed by atoms with Crippen LogP contribution in [0, 0.1) is 10.1 Å². The molecular formula is C15H11Cl2NO5. The summed E-state index contributed by atoms with van der Waals surface area (Å²) in [6.45, 7) is 0.138. The molecular weight excluding hydrogens is 345 g/mol. The number of nitro groups is 1. The van der Waals surface area contributed by atoms with Gasteiger partial charge in [0.2, 0.25) is 0 Å². The van der Waals surface area contributed by atoms with Crippen LogP contribution in [0.3, 0.4) is 0 Å². The van der Waals surface area contributed by atoms with E-state index in [9.17, 15) is 14.9 Å². The summed E-state index contributed by atoms with van der Waals surface area (Å²) < 4.78 is 10.8. The van der Waals surface area contributed by atoms with Crippen LogP contribution in [0.15, 0.2) is 36.4 Å². The zero-order valence-electron chi connectivity index (χ0n) is 11.7. The smallest absolute Gasteiger partial charge is 0.311 e. The maximum absolute atomic E-state index is 11.0. The fourth-order valence-corrected chi connectivity index (χ4v) is 2.29. The molecule has 0 bridgehead atoms. The molecule has 120 valence electrons. The monoisotopic (exact) mass is 355 g/mol. The van der Waals surface area contributed by atoms with Gasteiger partial charge in [0.25, 0.3) is 0 Å². The van der Waals surface area contributed by atoms with Crippen molar-refractivity contribution in [2.45, 2.75) is 0 Å². The van der Waals surface area contributed by atoms with E-state index >= 15 is 0 Å². The predicted octanol–water partition coefficient (Wildman–Crippen LogP) is 4.17. The summed E-state index contributed by atoms with van der Waals surface area (Å²) in [5.41, 5.74) is -0.0893. The highest BCUT2D eigenvalue weighted by atomic mass is 35.5. The second-order valence-electron chi connectivity index (χ2n) is 4.35. The van der Waals surface area contributed by atoms with Gasteiger partial charge in [-0.05, 0) is 24.3 Å². The molecule has 8 heteroatoms. The minimum Gasteiger partial charge on any atom is -0.487 e. The topological polar surface area (TPSA) is 78.7 Å². The molecule has 0 heterocycles. The van der Waals surface area contributed by atoms with Gasteiger partial charge in [0.1, 0.15) is 19.5 Å². The number of aldehydes is 1. The third-order valence-corrected chi connectivity index (χ3v) is 3.42. The van der Waals surface area contributed by atoms with Crippen molar-refractivity contribution in [2.24, 2.45) is 0 Å². The molecule has 6 nitrogen and oxygen atoms in total. The molecule has 0 amide bonds. The van der Waals surface area contributed by atoms with Crippen LogP contribution in [0.1, 0.15) is 10.4 Å². The van der Waals surface area contributed by atoms with Crippen molar-refractivity contribution in [3.63, 3.8) is 0 Å². The highest BCUT2D eigenvalue weighted by Gasteiger charge is 2.16. The lowest BCUT2D eigenvalue weighted by Crippen LogP contribution is -2.10. The molecule has 2 aromatic rings. The molecule has 0 aliphatic heterocycles. The standard InChI is InChI=1S/C15H11Cl2NO5/c16-11-2-1-3-12(17)15(11)23-7-6-22-14-5-4-10(9-19)8-13(14)18(20)21/h1-5,8-9H,6-7H2. The van der Waals surface area contributed by atoms with Gasteiger partial charge >= 0.3 is 5.69 Å². The molecule has 0 radical (unpaired) electrons. The van der Waals surface area contributed by atoms with Crippen molar-refractivity contribution in [1.82, 2.24) is 0 Å². The lowest BCUT2D eigenvalue weighted by atomic mass is 10.2. The minimum atomic E-state index is -0.617. The van der Waals surface area contributed by atoms with E-state index in [0.29, 0.717) is 22.1 Å². The third-order valence-electron chi connectivity index (χ3n) is 2.82. The third kappa shape index (κ3) is 4.34. The number of hydrogen-bond donors (Lipinski definition) is 0. The van der Waals surface area contributed by atoms with Crippen LogP contribution in [-0.4, -0.2) is 24.4 Å². The van der Waals surface area contributed by atoms with Crippen LogP contribution < -0.4 is 9.47 Å². The van der Waals surface area contributed by atoms with Gasteiger partial charge < -0.3 is 9.47 Å². The molecule has 0 saturated heterocycles. The molecule has 0 spiro atoms. The first-order valence-corrected chi connectivity index (χ1v) is 7.21. The zero-order chi connectivity index (χ0) is 16.8. The summed E-state index contributed by atoms with van der Waals surface area (Å²) >= 11 is 11.9. The molecule has 0 aliphatic carbocycles. The lowest BCUT2D eigenvalue weighted by Gasteiger charge is -2.11. The number of nitro benzene ring substituents is 1. The van der Waals surface area contributed by atoms with Crippen molar-refractivity contribution in [1.29, 1.82) is 0 Å². The van der Waals surface area contributed by atoms with Gasteiger partial charge in [-0.2, -0.15) is 0 Å². The number of benzene rings is 2. The van der Waals surface area contributed by atoms with E-state index < -0.39 is 4.92 Å². The number of hydrogen-bond acceptors (Lipinski definition) is 5. The maximum atomic E-state index is 11.0. The predicted molar refractivity (Wildman–Crippen MR) is 85.9 cm³/mol. The Morgan fingerprint density at radius 3 is 2.35 bits per heavy atom. The van der Waals surface area contributed by atoms with Gasteiger partial charge in [-0.3, -0.25) is 14.9 Å². The Morgan fingerprint density at radius 1 is 1.09 bits per heavy atom. The number of para-hydroxylation sites is 1. The number of carbonyl (C=O) groups is 1. The number of halogens is 2. The highest BCUT2D eigenvalue weighted by molar-refractivity contribution is 6.37. The second kappa shape index (κ2) is 7.80. The Labute approximate surface area is 141 Å². The average Bonchev–Trinajstić information content (AvgIpc) is 2.53. The second-order valence-corrected chi connectivity index (χ2v) is 5.16. The quantitative estimate of drug-likeness (QED) is 0.322. The van der Waals surface area contributed by atoms with Gasteiger partial charge in [-0.25, -0.2) is 0 Å². The lowest BCUT2D eigenvalue weighted by molar-refractivity contribution is -0.385. The number of nitrogens with zero attached hydrogens (tertiary/aromatic N) is 1. The Morgan fingerprint density at radius 2 is 1.74 bits per heavy atom. The summed E-state index contributed by atoms with van der Waals surface area (Å²) in [4.78, 5) is 21.0. The van der Waals surface area contributed by atoms with Crippen molar-refractivity contribution in [2.75, 3.05) is 13.2 Å². The van der Waals surface area contributed by atoms with E-state index in [1.165, 1.54) is 12.1 Å². The molecule has 2 rings (SSSR count). The summed E-state index contributed by atoms with van der Waals surface area (Å²) in [5, 5.41) is 11.7. The Kier molecular flexibility index (Phi) is 5.78.